The zero-order chi connectivity index (χ0) is 13.1. The molecule has 0 aliphatic rings. The van der Waals surface area contributed by atoms with Gasteiger partial charge in [-0.2, -0.15) is 0 Å². The molecule has 0 aliphatic carbocycles. The maximum absolute atomic E-state index is 5.38. The van der Waals surface area contributed by atoms with Crippen LogP contribution in [0.5, 0.6) is 0 Å². The molecule has 0 saturated carbocycles. The number of rotatable bonds is 5. The molecular weight excluding hydrogens is 214 g/mol. The molecule has 0 spiro atoms. The molecule has 0 aliphatic heterocycles. The molecule has 0 atom stereocenters. The molecular formula is C12H23N5. The smallest absolute Gasteiger partial charge is 0.148 e. The summed E-state index contributed by atoms with van der Waals surface area (Å²) in [6.07, 6.45) is 1.51. The summed E-state index contributed by atoms with van der Waals surface area (Å²) in [4.78, 5) is 8.28. The SMILES string of the molecule is Cc1c(NN)ncnc1NCC(C)(C)C(C)C. The molecule has 5 nitrogen and oxygen atoms in total. The molecule has 0 aromatic carbocycles. The Balaban J connectivity index is 2.76. The van der Waals surface area contributed by atoms with Gasteiger partial charge in [0.2, 0.25) is 0 Å². The van der Waals surface area contributed by atoms with Crippen molar-refractivity contribution < 1.29 is 0 Å². The van der Waals surface area contributed by atoms with Crippen molar-refractivity contribution in [1.29, 1.82) is 0 Å². The number of nitrogens with zero attached hydrogens (tertiary/aromatic N) is 2. The van der Waals surface area contributed by atoms with Gasteiger partial charge in [0, 0.05) is 12.1 Å². The molecule has 1 heterocycles. The maximum atomic E-state index is 5.38. The molecule has 0 fully saturated rings. The van der Waals surface area contributed by atoms with E-state index in [1.165, 1.54) is 6.33 Å². The highest BCUT2D eigenvalue weighted by Gasteiger charge is 2.22. The van der Waals surface area contributed by atoms with Crippen molar-refractivity contribution in [3.63, 3.8) is 0 Å². The van der Waals surface area contributed by atoms with E-state index in [0.717, 1.165) is 17.9 Å². The number of anilines is 2. The van der Waals surface area contributed by atoms with Gasteiger partial charge in [0.05, 0.1) is 0 Å². The topological polar surface area (TPSA) is 75.9 Å². The summed E-state index contributed by atoms with van der Waals surface area (Å²) in [6.45, 7) is 11.7. The molecule has 0 saturated heterocycles. The molecule has 1 aromatic heterocycles. The Labute approximate surface area is 103 Å². The van der Waals surface area contributed by atoms with Gasteiger partial charge in [-0.1, -0.05) is 27.7 Å². The van der Waals surface area contributed by atoms with E-state index in [1.54, 1.807) is 0 Å². The van der Waals surface area contributed by atoms with Crippen LogP contribution in [0.2, 0.25) is 0 Å². The van der Waals surface area contributed by atoms with E-state index < -0.39 is 0 Å². The van der Waals surface area contributed by atoms with Crippen LogP contribution in [-0.2, 0) is 0 Å². The first-order valence-corrected chi connectivity index (χ1v) is 5.90. The van der Waals surface area contributed by atoms with Crippen molar-refractivity contribution in [2.45, 2.75) is 34.6 Å². The predicted molar refractivity (Wildman–Crippen MR) is 71.7 cm³/mol. The van der Waals surface area contributed by atoms with E-state index in [2.05, 4.69) is 48.4 Å². The highest BCUT2D eigenvalue weighted by molar-refractivity contribution is 5.55. The molecule has 0 bridgehead atoms. The molecule has 0 unspecified atom stereocenters. The largest absolute Gasteiger partial charge is 0.369 e. The maximum Gasteiger partial charge on any atom is 0.148 e. The van der Waals surface area contributed by atoms with Gasteiger partial charge in [0.15, 0.2) is 0 Å². The van der Waals surface area contributed by atoms with Gasteiger partial charge in [-0.25, -0.2) is 15.8 Å². The summed E-state index contributed by atoms with van der Waals surface area (Å²) in [5, 5.41) is 3.36. The van der Waals surface area contributed by atoms with E-state index in [9.17, 15) is 0 Å². The van der Waals surface area contributed by atoms with Gasteiger partial charge in [0.1, 0.15) is 18.0 Å². The Morgan fingerprint density at radius 1 is 1.29 bits per heavy atom. The quantitative estimate of drug-likeness (QED) is 0.540. The second-order valence-corrected chi connectivity index (χ2v) is 5.34. The lowest BCUT2D eigenvalue weighted by atomic mass is 9.81. The lowest BCUT2D eigenvalue weighted by Crippen LogP contribution is -2.29. The van der Waals surface area contributed by atoms with Gasteiger partial charge < -0.3 is 10.7 Å². The molecule has 96 valence electrons. The first-order valence-electron chi connectivity index (χ1n) is 5.90. The summed E-state index contributed by atoms with van der Waals surface area (Å²) in [6, 6.07) is 0. The van der Waals surface area contributed by atoms with E-state index in [-0.39, 0.29) is 5.41 Å². The van der Waals surface area contributed by atoms with Crippen LogP contribution in [0.15, 0.2) is 6.33 Å². The number of hydrazine groups is 1. The third-order valence-electron chi connectivity index (χ3n) is 3.50. The minimum absolute atomic E-state index is 0.216. The average molecular weight is 237 g/mol. The zero-order valence-electron chi connectivity index (χ0n) is 11.3. The molecule has 17 heavy (non-hydrogen) atoms. The number of aromatic nitrogens is 2. The third kappa shape index (κ3) is 3.30. The highest BCUT2D eigenvalue weighted by atomic mass is 15.3. The van der Waals surface area contributed by atoms with Gasteiger partial charge in [-0.3, -0.25) is 0 Å². The average Bonchev–Trinajstić information content (AvgIpc) is 2.27. The summed E-state index contributed by atoms with van der Waals surface area (Å²) in [7, 11) is 0. The van der Waals surface area contributed by atoms with Crippen molar-refractivity contribution in [3.05, 3.63) is 11.9 Å². The number of hydrogen-bond donors (Lipinski definition) is 3. The van der Waals surface area contributed by atoms with E-state index in [0.29, 0.717) is 11.7 Å². The molecule has 5 heteroatoms. The van der Waals surface area contributed by atoms with Crippen LogP contribution >= 0.6 is 0 Å². The van der Waals surface area contributed by atoms with Gasteiger partial charge in [0.25, 0.3) is 0 Å². The van der Waals surface area contributed by atoms with E-state index >= 15 is 0 Å². The molecule has 1 rings (SSSR count). The number of nitrogen functional groups attached to an aromatic ring is 1. The summed E-state index contributed by atoms with van der Waals surface area (Å²) in [5.74, 6) is 7.47. The van der Waals surface area contributed by atoms with Crippen LogP contribution in [0.25, 0.3) is 0 Å². The normalized spacial score (nSPS) is 11.7. The second kappa shape index (κ2) is 5.31. The van der Waals surface area contributed by atoms with Crippen LogP contribution in [0.3, 0.4) is 0 Å². The van der Waals surface area contributed by atoms with Gasteiger partial charge in [-0.15, -0.1) is 0 Å². The van der Waals surface area contributed by atoms with Crippen LogP contribution < -0.4 is 16.6 Å². The standard InChI is InChI=1S/C12H23N5/c1-8(2)12(4,5)6-14-10-9(3)11(17-13)16-7-15-10/h7-8H,6,13H2,1-5H3,(H2,14,15,16,17). The molecule has 0 radical (unpaired) electrons. The van der Waals surface area contributed by atoms with Crippen molar-refractivity contribution in [3.8, 4) is 0 Å². The lowest BCUT2D eigenvalue weighted by molar-refractivity contribution is 0.269. The minimum atomic E-state index is 0.216. The number of nitrogens with two attached hydrogens (primary N) is 1. The minimum Gasteiger partial charge on any atom is -0.369 e. The second-order valence-electron chi connectivity index (χ2n) is 5.34. The molecule has 1 aromatic rings. The highest BCUT2D eigenvalue weighted by Crippen LogP contribution is 2.27. The fourth-order valence-electron chi connectivity index (χ4n) is 1.29. The molecule has 0 amide bonds. The lowest BCUT2D eigenvalue weighted by Gasteiger charge is -2.29. The van der Waals surface area contributed by atoms with Crippen LogP contribution in [0, 0.1) is 18.3 Å². The Hall–Kier alpha value is -1.36. The fourth-order valence-corrected chi connectivity index (χ4v) is 1.29. The zero-order valence-corrected chi connectivity index (χ0v) is 11.3. The van der Waals surface area contributed by atoms with Crippen LogP contribution in [0.1, 0.15) is 33.3 Å². The fraction of sp³-hybridized carbons (Fsp3) is 0.667. The summed E-state index contributed by atoms with van der Waals surface area (Å²) in [5.41, 5.74) is 3.72. The predicted octanol–water partition coefficient (Wildman–Crippen LogP) is 2.16. The Morgan fingerprint density at radius 2 is 1.88 bits per heavy atom. The van der Waals surface area contributed by atoms with Crippen molar-refractivity contribution >= 4 is 11.6 Å². The number of hydrogen-bond acceptors (Lipinski definition) is 5. The van der Waals surface area contributed by atoms with Gasteiger partial charge >= 0.3 is 0 Å². The first kappa shape index (κ1) is 13.7. The first-order chi connectivity index (χ1) is 7.88. The van der Waals surface area contributed by atoms with Crippen molar-refractivity contribution in [2.24, 2.45) is 17.2 Å². The monoisotopic (exact) mass is 237 g/mol. The third-order valence-corrected chi connectivity index (χ3v) is 3.50. The Kier molecular flexibility index (Phi) is 4.28. The van der Waals surface area contributed by atoms with Gasteiger partial charge in [-0.05, 0) is 18.3 Å². The molecule has 4 N–H and O–H groups in total. The van der Waals surface area contributed by atoms with E-state index in [4.69, 9.17) is 5.84 Å². The number of nitrogens with one attached hydrogen (secondary N) is 2. The van der Waals surface area contributed by atoms with Crippen molar-refractivity contribution in [1.82, 2.24) is 9.97 Å². The Morgan fingerprint density at radius 3 is 2.41 bits per heavy atom. The van der Waals surface area contributed by atoms with Crippen molar-refractivity contribution in [2.75, 3.05) is 17.3 Å². The summed E-state index contributed by atoms with van der Waals surface area (Å²) < 4.78 is 0. The Bertz CT molecular complexity index is 373. The summed E-state index contributed by atoms with van der Waals surface area (Å²) >= 11 is 0. The van der Waals surface area contributed by atoms with Crippen LogP contribution in [-0.4, -0.2) is 16.5 Å². The van der Waals surface area contributed by atoms with E-state index in [1.807, 2.05) is 6.92 Å². The van der Waals surface area contributed by atoms with Crippen LogP contribution in [0.4, 0.5) is 11.6 Å².